The van der Waals surface area contributed by atoms with Crippen LogP contribution < -0.4 is 0 Å². The number of fused-ring (bicyclic) bond motifs is 2. The second kappa shape index (κ2) is 3.91. The predicted octanol–water partition coefficient (Wildman–Crippen LogP) is 2.87. The van der Waals surface area contributed by atoms with Crippen LogP contribution in [0.25, 0.3) is 21.8 Å². The zero-order chi connectivity index (χ0) is 10.3. The molecule has 0 amide bonds. The zero-order valence-corrected chi connectivity index (χ0v) is 9.07. The molecule has 3 aromatic rings. The van der Waals surface area contributed by atoms with E-state index in [1.165, 1.54) is 16.3 Å². The number of hydrogen-bond acceptors (Lipinski definition) is 1. The molecule has 0 aliphatic rings. The minimum absolute atomic E-state index is 0. The Hall–Kier alpha value is -1.93. The van der Waals surface area contributed by atoms with Crippen LogP contribution in [0.4, 0.5) is 0 Å². The van der Waals surface area contributed by atoms with Crippen LogP contribution in [0, 0.1) is 6.92 Å². The van der Waals surface area contributed by atoms with Gasteiger partial charge in [0.2, 0.25) is 0 Å². The molecule has 0 spiro atoms. The first-order valence-electron chi connectivity index (χ1n) is 5.10. The lowest BCUT2D eigenvalue weighted by Gasteiger charge is -2.05. The van der Waals surface area contributed by atoms with Crippen LogP contribution in [0.3, 0.4) is 0 Å². The van der Waals surface area contributed by atoms with Gasteiger partial charge in [-0.3, -0.25) is 0 Å². The van der Waals surface area contributed by atoms with Crippen LogP contribution in [-0.4, -0.2) is 10.5 Å². The van der Waals surface area contributed by atoms with Crippen molar-refractivity contribution in [2.75, 3.05) is 0 Å². The van der Waals surface area contributed by atoms with Crippen LogP contribution in [0.1, 0.15) is 5.56 Å². The van der Waals surface area contributed by atoms with E-state index in [9.17, 15) is 0 Å². The van der Waals surface area contributed by atoms with Crippen molar-refractivity contribution in [1.82, 2.24) is 4.98 Å². The molecule has 16 heavy (non-hydrogen) atoms. The lowest BCUT2D eigenvalue weighted by Crippen LogP contribution is -1.86. The normalized spacial score (nSPS) is 10.3. The van der Waals surface area contributed by atoms with Crippen molar-refractivity contribution < 1.29 is 5.48 Å². The average molecular weight is 211 g/mol. The third-order valence-electron chi connectivity index (χ3n) is 2.86. The standard InChI is InChI=1S/C14H11N.H2O/c1-10-11-6-2-4-8-13(11)15-14-9-5-3-7-12(10)14;/h2-9H,1H3;1H2. The summed E-state index contributed by atoms with van der Waals surface area (Å²) in [6.45, 7) is 2.16. The number of pyridine rings is 1. The van der Waals surface area contributed by atoms with E-state index in [0.717, 1.165) is 11.0 Å². The maximum Gasteiger partial charge on any atom is 0.0712 e. The molecule has 1 heterocycles. The number of hydrogen-bond donors (Lipinski definition) is 0. The zero-order valence-electron chi connectivity index (χ0n) is 9.07. The summed E-state index contributed by atoms with van der Waals surface area (Å²) in [5.74, 6) is 0. The Balaban J connectivity index is 0.000000963. The van der Waals surface area contributed by atoms with Crippen molar-refractivity contribution >= 4 is 21.8 Å². The van der Waals surface area contributed by atoms with Gasteiger partial charge < -0.3 is 5.48 Å². The SMILES string of the molecule is Cc1c2ccccc2nc2ccccc12.O. The van der Waals surface area contributed by atoms with Gasteiger partial charge in [0.15, 0.2) is 0 Å². The Labute approximate surface area is 93.9 Å². The van der Waals surface area contributed by atoms with Gasteiger partial charge in [-0.15, -0.1) is 0 Å². The summed E-state index contributed by atoms with van der Waals surface area (Å²) < 4.78 is 0. The third kappa shape index (κ3) is 1.44. The van der Waals surface area contributed by atoms with Crippen molar-refractivity contribution in [3.63, 3.8) is 0 Å². The van der Waals surface area contributed by atoms with Crippen molar-refractivity contribution in [2.45, 2.75) is 6.92 Å². The van der Waals surface area contributed by atoms with E-state index in [-0.39, 0.29) is 5.48 Å². The molecule has 0 bridgehead atoms. The van der Waals surface area contributed by atoms with Gasteiger partial charge in [0, 0.05) is 10.8 Å². The summed E-state index contributed by atoms with van der Waals surface area (Å²) in [6, 6.07) is 16.6. The van der Waals surface area contributed by atoms with E-state index in [2.05, 4.69) is 48.3 Å². The largest absolute Gasteiger partial charge is 0.412 e. The first-order chi connectivity index (χ1) is 7.36. The molecule has 0 fully saturated rings. The quantitative estimate of drug-likeness (QED) is 0.527. The van der Waals surface area contributed by atoms with Gasteiger partial charge in [-0.05, 0) is 24.6 Å². The molecule has 0 saturated carbocycles. The molecular weight excluding hydrogens is 198 g/mol. The van der Waals surface area contributed by atoms with Crippen molar-refractivity contribution in [3.05, 3.63) is 54.1 Å². The van der Waals surface area contributed by atoms with Gasteiger partial charge in [0.25, 0.3) is 0 Å². The molecule has 2 aromatic carbocycles. The Bertz CT molecular complexity index is 592. The number of aromatic nitrogens is 1. The molecule has 2 nitrogen and oxygen atoms in total. The van der Waals surface area contributed by atoms with Gasteiger partial charge in [-0.1, -0.05) is 36.4 Å². The van der Waals surface area contributed by atoms with E-state index in [0.29, 0.717) is 0 Å². The minimum atomic E-state index is 0. The highest BCUT2D eigenvalue weighted by molar-refractivity contribution is 5.96. The second-order valence-corrected chi connectivity index (χ2v) is 3.77. The molecule has 1 aromatic heterocycles. The fraction of sp³-hybridized carbons (Fsp3) is 0.0714. The highest BCUT2D eigenvalue weighted by Crippen LogP contribution is 2.24. The van der Waals surface area contributed by atoms with E-state index >= 15 is 0 Å². The van der Waals surface area contributed by atoms with Gasteiger partial charge in [-0.25, -0.2) is 4.98 Å². The fourth-order valence-electron chi connectivity index (χ4n) is 2.05. The van der Waals surface area contributed by atoms with Crippen LogP contribution in [-0.2, 0) is 0 Å². The maximum absolute atomic E-state index is 4.64. The van der Waals surface area contributed by atoms with E-state index < -0.39 is 0 Å². The molecule has 0 aliphatic heterocycles. The molecule has 0 saturated heterocycles. The number of benzene rings is 2. The molecule has 0 atom stereocenters. The monoisotopic (exact) mass is 211 g/mol. The predicted molar refractivity (Wildman–Crippen MR) is 67.6 cm³/mol. The summed E-state index contributed by atoms with van der Waals surface area (Å²) in [4.78, 5) is 4.64. The Morgan fingerprint density at radius 3 is 1.69 bits per heavy atom. The second-order valence-electron chi connectivity index (χ2n) is 3.77. The summed E-state index contributed by atoms with van der Waals surface area (Å²) in [6.07, 6.45) is 0. The van der Waals surface area contributed by atoms with Gasteiger partial charge in [0.05, 0.1) is 11.0 Å². The smallest absolute Gasteiger partial charge is 0.0712 e. The van der Waals surface area contributed by atoms with E-state index in [1.54, 1.807) is 0 Å². The van der Waals surface area contributed by atoms with Crippen LogP contribution in [0.5, 0.6) is 0 Å². The maximum atomic E-state index is 4.64. The highest BCUT2D eigenvalue weighted by Gasteiger charge is 2.03. The minimum Gasteiger partial charge on any atom is -0.412 e. The van der Waals surface area contributed by atoms with Crippen molar-refractivity contribution in [3.8, 4) is 0 Å². The molecular formula is C14H13NO. The average Bonchev–Trinajstić information content (AvgIpc) is 2.30. The first kappa shape index (κ1) is 10.6. The topological polar surface area (TPSA) is 44.4 Å². The Kier molecular flexibility index (Phi) is 2.59. The summed E-state index contributed by atoms with van der Waals surface area (Å²) in [5.41, 5.74) is 3.47. The lowest BCUT2D eigenvalue weighted by atomic mass is 10.0. The Morgan fingerprint density at radius 1 is 0.750 bits per heavy atom. The fourth-order valence-corrected chi connectivity index (χ4v) is 2.05. The number of nitrogens with zero attached hydrogens (tertiary/aromatic N) is 1. The summed E-state index contributed by atoms with van der Waals surface area (Å²) in [7, 11) is 0. The van der Waals surface area contributed by atoms with Gasteiger partial charge >= 0.3 is 0 Å². The van der Waals surface area contributed by atoms with Crippen molar-refractivity contribution in [1.29, 1.82) is 0 Å². The molecule has 2 N–H and O–H groups in total. The first-order valence-corrected chi connectivity index (χ1v) is 5.10. The molecule has 80 valence electrons. The highest BCUT2D eigenvalue weighted by atomic mass is 16.0. The van der Waals surface area contributed by atoms with Crippen LogP contribution in [0.2, 0.25) is 0 Å². The molecule has 2 heteroatoms. The van der Waals surface area contributed by atoms with Gasteiger partial charge in [0.1, 0.15) is 0 Å². The van der Waals surface area contributed by atoms with Gasteiger partial charge in [-0.2, -0.15) is 0 Å². The Morgan fingerprint density at radius 2 is 1.19 bits per heavy atom. The molecule has 3 rings (SSSR count). The molecule has 0 unspecified atom stereocenters. The van der Waals surface area contributed by atoms with E-state index in [1.807, 2.05) is 12.1 Å². The molecule has 0 aliphatic carbocycles. The third-order valence-corrected chi connectivity index (χ3v) is 2.86. The number of para-hydroxylation sites is 2. The number of rotatable bonds is 0. The lowest BCUT2D eigenvalue weighted by molar-refractivity contribution is 0.824. The summed E-state index contributed by atoms with van der Waals surface area (Å²) >= 11 is 0. The van der Waals surface area contributed by atoms with Crippen LogP contribution in [0.15, 0.2) is 48.5 Å². The number of aryl methyl sites for hydroxylation is 1. The molecule has 0 radical (unpaired) electrons. The van der Waals surface area contributed by atoms with Crippen molar-refractivity contribution in [2.24, 2.45) is 0 Å². The summed E-state index contributed by atoms with van der Waals surface area (Å²) in [5, 5.41) is 2.49. The van der Waals surface area contributed by atoms with Crippen LogP contribution >= 0.6 is 0 Å². The van der Waals surface area contributed by atoms with E-state index in [4.69, 9.17) is 0 Å².